The molecule has 0 aliphatic carbocycles. The summed E-state index contributed by atoms with van der Waals surface area (Å²) < 4.78 is 41.5. The Balaban J connectivity index is 1.78. The van der Waals surface area contributed by atoms with Crippen LogP contribution in [-0.4, -0.2) is 10.1 Å². The van der Waals surface area contributed by atoms with Gasteiger partial charge in [-0.3, -0.25) is 0 Å². The van der Waals surface area contributed by atoms with Crippen molar-refractivity contribution in [1.82, 2.24) is 10.1 Å². The Bertz CT molecular complexity index is 754. The molecule has 7 heteroatoms. The van der Waals surface area contributed by atoms with Crippen molar-refractivity contribution in [3.63, 3.8) is 0 Å². The fraction of sp³-hybridized carbons (Fsp3) is 0.0667. The van der Waals surface area contributed by atoms with Crippen LogP contribution in [0.5, 0.6) is 0 Å². The quantitative estimate of drug-likeness (QED) is 0.687. The number of halogens is 3. The van der Waals surface area contributed by atoms with Gasteiger partial charge in [0, 0.05) is 15.4 Å². The number of hydrogen-bond acceptors (Lipinski definition) is 4. The predicted molar refractivity (Wildman–Crippen MR) is 75.3 cm³/mol. The number of aromatic nitrogens is 2. The number of hydrogen-bond donors (Lipinski definition) is 0. The van der Waals surface area contributed by atoms with Gasteiger partial charge in [-0.2, -0.15) is 18.2 Å². The molecule has 3 nitrogen and oxygen atoms in total. The third kappa shape index (κ3) is 3.30. The Morgan fingerprint density at radius 3 is 2.09 bits per heavy atom. The van der Waals surface area contributed by atoms with E-state index in [2.05, 4.69) is 14.7 Å². The summed E-state index contributed by atoms with van der Waals surface area (Å²) in [4.78, 5) is 5.40. The van der Waals surface area contributed by atoms with Crippen LogP contribution in [-0.2, 0) is 6.18 Å². The lowest BCUT2D eigenvalue weighted by molar-refractivity contribution is -0.159. The summed E-state index contributed by atoms with van der Waals surface area (Å²) in [6.07, 6.45) is -4.63. The molecule has 2 aromatic carbocycles. The maximum atomic E-state index is 12.4. The van der Waals surface area contributed by atoms with Gasteiger partial charge in [-0.15, -0.1) is 0 Å². The van der Waals surface area contributed by atoms with Gasteiger partial charge in [0.2, 0.25) is 5.82 Å². The summed E-state index contributed by atoms with van der Waals surface area (Å²) in [7, 11) is 0. The van der Waals surface area contributed by atoms with E-state index in [1.165, 1.54) is 0 Å². The maximum Gasteiger partial charge on any atom is 0.471 e. The van der Waals surface area contributed by atoms with Crippen LogP contribution in [0.15, 0.2) is 68.9 Å². The average Bonchev–Trinajstić information content (AvgIpc) is 2.99. The molecule has 0 aliphatic heterocycles. The Kier molecular flexibility index (Phi) is 3.89. The number of rotatable bonds is 3. The summed E-state index contributed by atoms with van der Waals surface area (Å²) in [5.41, 5.74) is 0.469. The largest absolute Gasteiger partial charge is 0.471 e. The second-order valence-corrected chi connectivity index (χ2v) is 5.51. The van der Waals surface area contributed by atoms with Gasteiger partial charge in [-0.25, -0.2) is 0 Å². The zero-order valence-corrected chi connectivity index (χ0v) is 11.9. The van der Waals surface area contributed by atoms with Crippen molar-refractivity contribution in [2.75, 3.05) is 0 Å². The van der Waals surface area contributed by atoms with Crippen molar-refractivity contribution in [2.24, 2.45) is 0 Å². The smallest absolute Gasteiger partial charge is 0.329 e. The molecule has 3 aromatic rings. The Morgan fingerprint density at radius 1 is 0.864 bits per heavy atom. The van der Waals surface area contributed by atoms with Crippen LogP contribution in [0, 0.1) is 0 Å². The highest BCUT2D eigenvalue weighted by molar-refractivity contribution is 7.99. The van der Waals surface area contributed by atoms with Crippen molar-refractivity contribution in [1.29, 1.82) is 0 Å². The van der Waals surface area contributed by atoms with Crippen LogP contribution in [0.1, 0.15) is 5.89 Å². The van der Waals surface area contributed by atoms with Gasteiger partial charge in [0.1, 0.15) is 0 Å². The van der Waals surface area contributed by atoms with Crippen LogP contribution in [0.2, 0.25) is 0 Å². The molecule has 22 heavy (non-hydrogen) atoms. The van der Waals surface area contributed by atoms with Crippen molar-refractivity contribution in [3.05, 3.63) is 60.5 Å². The summed E-state index contributed by atoms with van der Waals surface area (Å²) in [5, 5.41) is 3.35. The minimum absolute atomic E-state index is 0.0800. The lowest BCUT2D eigenvalue weighted by atomic mass is 10.2. The van der Waals surface area contributed by atoms with Gasteiger partial charge >= 0.3 is 12.1 Å². The van der Waals surface area contributed by atoms with E-state index in [9.17, 15) is 13.2 Å². The van der Waals surface area contributed by atoms with Crippen LogP contribution in [0.3, 0.4) is 0 Å². The summed E-state index contributed by atoms with van der Waals surface area (Å²) in [6, 6.07) is 16.7. The Hall–Kier alpha value is -2.28. The van der Waals surface area contributed by atoms with E-state index in [4.69, 9.17) is 0 Å². The number of benzene rings is 2. The second-order valence-electron chi connectivity index (χ2n) is 4.36. The first-order valence-corrected chi connectivity index (χ1v) is 7.08. The molecule has 1 aromatic heterocycles. The van der Waals surface area contributed by atoms with E-state index in [0.29, 0.717) is 5.56 Å². The molecule has 1 heterocycles. The minimum atomic E-state index is -4.63. The lowest BCUT2D eigenvalue weighted by Crippen LogP contribution is -2.04. The van der Waals surface area contributed by atoms with E-state index < -0.39 is 12.1 Å². The van der Waals surface area contributed by atoms with Crippen LogP contribution in [0.25, 0.3) is 11.4 Å². The molecule has 0 radical (unpaired) electrons. The highest BCUT2D eigenvalue weighted by atomic mass is 32.2. The Morgan fingerprint density at radius 2 is 1.50 bits per heavy atom. The van der Waals surface area contributed by atoms with E-state index in [1.54, 1.807) is 36.0 Å². The summed E-state index contributed by atoms with van der Waals surface area (Å²) in [6.45, 7) is 0. The minimum Gasteiger partial charge on any atom is -0.329 e. The van der Waals surface area contributed by atoms with E-state index in [0.717, 1.165) is 9.79 Å². The second kappa shape index (κ2) is 5.84. The zero-order valence-electron chi connectivity index (χ0n) is 11.0. The molecule has 0 spiro atoms. The molecule has 0 fully saturated rings. The molecule has 0 bridgehead atoms. The zero-order chi connectivity index (χ0) is 15.6. The first kappa shape index (κ1) is 14.6. The fourth-order valence-electron chi connectivity index (χ4n) is 1.75. The first-order chi connectivity index (χ1) is 10.5. The molecule has 0 atom stereocenters. The molecular formula is C15H9F3N2OS. The van der Waals surface area contributed by atoms with Crippen LogP contribution < -0.4 is 0 Å². The van der Waals surface area contributed by atoms with Crippen LogP contribution >= 0.6 is 11.8 Å². The third-order valence-corrected chi connectivity index (χ3v) is 3.78. The SMILES string of the molecule is FC(F)(F)c1nc(-c2ccc(Sc3ccccc3)cc2)no1. The van der Waals surface area contributed by atoms with Gasteiger partial charge in [0.05, 0.1) is 0 Å². The highest BCUT2D eigenvalue weighted by Gasteiger charge is 2.38. The fourth-order valence-corrected chi connectivity index (χ4v) is 2.59. The van der Waals surface area contributed by atoms with Gasteiger partial charge in [-0.05, 0) is 36.4 Å². The molecule has 0 saturated carbocycles. The molecule has 0 unspecified atom stereocenters. The highest BCUT2D eigenvalue weighted by Crippen LogP contribution is 2.31. The van der Waals surface area contributed by atoms with E-state index >= 15 is 0 Å². The standard InChI is InChI=1S/C15H9F3N2OS/c16-15(17,18)14-19-13(20-21-14)10-6-8-12(9-7-10)22-11-4-2-1-3-5-11/h1-9H. The summed E-state index contributed by atoms with van der Waals surface area (Å²) >= 11 is 1.56. The number of nitrogens with zero attached hydrogens (tertiary/aromatic N) is 2. The van der Waals surface area contributed by atoms with Gasteiger partial charge in [0.15, 0.2) is 0 Å². The normalized spacial score (nSPS) is 11.6. The maximum absolute atomic E-state index is 12.4. The molecular weight excluding hydrogens is 313 g/mol. The van der Waals surface area contributed by atoms with Crippen molar-refractivity contribution in [2.45, 2.75) is 16.0 Å². The molecule has 0 N–H and O–H groups in total. The molecule has 112 valence electrons. The van der Waals surface area contributed by atoms with Crippen molar-refractivity contribution in [3.8, 4) is 11.4 Å². The first-order valence-electron chi connectivity index (χ1n) is 6.26. The number of alkyl halides is 3. The van der Waals surface area contributed by atoms with Crippen molar-refractivity contribution < 1.29 is 17.7 Å². The van der Waals surface area contributed by atoms with Gasteiger partial charge in [0.25, 0.3) is 0 Å². The van der Waals surface area contributed by atoms with Gasteiger partial charge < -0.3 is 4.52 Å². The molecule has 0 aliphatic rings. The molecule has 3 rings (SSSR count). The van der Waals surface area contributed by atoms with E-state index in [1.807, 2.05) is 30.3 Å². The van der Waals surface area contributed by atoms with Crippen molar-refractivity contribution >= 4 is 11.8 Å². The molecule has 0 saturated heterocycles. The third-order valence-electron chi connectivity index (χ3n) is 2.76. The average molecular weight is 322 g/mol. The molecule has 0 amide bonds. The van der Waals surface area contributed by atoms with Crippen LogP contribution in [0.4, 0.5) is 13.2 Å². The monoisotopic (exact) mass is 322 g/mol. The predicted octanol–water partition coefficient (Wildman–Crippen LogP) is 4.91. The van der Waals surface area contributed by atoms with E-state index in [-0.39, 0.29) is 5.82 Å². The topological polar surface area (TPSA) is 38.9 Å². The Labute approximate surface area is 128 Å². The summed E-state index contributed by atoms with van der Waals surface area (Å²) in [5.74, 6) is -1.42. The van der Waals surface area contributed by atoms with Gasteiger partial charge in [-0.1, -0.05) is 35.1 Å². The lowest BCUT2D eigenvalue weighted by Gasteiger charge is -2.02.